The number of nitrogens with one attached hydrogen (secondary N) is 2. The van der Waals surface area contributed by atoms with Gasteiger partial charge in [0, 0.05) is 62.0 Å². The van der Waals surface area contributed by atoms with Crippen molar-refractivity contribution in [3.05, 3.63) is 62.7 Å². The molecule has 5 heterocycles. The van der Waals surface area contributed by atoms with Crippen molar-refractivity contribution in [3.63, 3.8) is 0 Å². The lowest BCUT2D eigenvalue weighted by molar-refractivity contribution is -0.116. The van der Waals surface area contributed by atoms with Gasteiger partial charge in [-0.2, -0.15) is 8.78 Å². The first-order chi connectivity index (χ1) is 20.9. The number of carbonyl (C=O) groups is 2. The summed E-state index contributed by atoms with van der Waals surface area (Å²) >= 11 is 6.15. The molecule has 44 heavy (non-hydrogen) atoms. The van der Waals surface area contributed by atoms with Crippen molar-refractivity contribution in [3.8, 4) is 16.9 Å². The highest BCUT2D eigenvalue weighted by Crippen LogP contribution is 2.36. The Balaban J connectivity index is 1.41. The van der Waals surface area contributed by atoms with Crippen molar-refractivity contribution in [2.24, 2.45) is 5.73 Å². The van der Waals surface area contributed by atoms with Gasteiger partial charge in [0.05, 0.1) is 16.6 Å². The van der Waals surface area contributed by atoms with Crippen LogP contribution in [-0.4, -0.2) is 61.7 Å². The van der Waals surface area contributed by atoms with E-state index >= 15 is 4.39 Å². The van der Waals surface area contributed by atoms with Gasteiger partial charge in [0.1, 0.15) is 28.9 Å². The first-order valence-electron chi connectivity index (χ1n) is 13.7. The number of halogens is 4. The van der Waals surface area contributed by atoms with Crippen LogP contribution in [0.4, 0.5) is 24.7 Å². The third-order valence-electron chi connectivity index (χ3n) is 7.76. The fourth-order valence-electron chi connectivity index (χ4n) is 5.68. The number of hydrogen-bond donors (Lipinski definition) is 4. The van der Waals surface area contributed by atoms with Gasteiger partial charge in [-0.05, 0) is 19.4 Å². The van der Waals surface area contributed by atoms with Crippen LogP contribution < -0.4 is 26.8 Å². The van der Waals surface area contributed by atoms with Crippen molar-refractivity contribution in [2.45, 2.75) is 38.9 Å². The lowest BCUT2D eigenvalue weighted by Gasteiger charge is -2.33. The number of aromatic nitrogens is 4. The normalized spacial score (nSPS) is 16.4. The molecule has 0 aliphatic carbocycles. The lowest BCUT2D eigenvalue weighted by atomic mass is 10.0. The fraction of sp³-hybridized carbons (Fsp3) is 0.321. The second-order valence-corrected chi connectivity index (χ2v) is 11.1. The Morgan fingerprint density at radius 2 is 1.95 bits per heavy atom. The Morgan fingerprint density at radius 1 is 1.18 bits per heavy atom. The van der Waals surface area contributed by atoms with Gasteiger partial charge < -0.3 is 30.9 Å². The molecule has 1 fully saturated rings. The molecule has 2 amide bonds. The third kappa shape index (κ3) is 5.01. The number of piperazine rings is 1. The molecule has 3 aromatic heterocycles. The molecule has 4 aromatic rings. The second-order valence-electron chi connectivity index (χ2n) is 10.8. The average molecular weight is 631 g/mol. The molecule has 1 atom stereocenters. The number of carbonyl (C=O) groups excluding carboxylic acids is 2. The zero-order valence-electron chi connectivity index (χ0n) is 23.3. The lowest BCUT2D eigenvalue weighted by Crippen LogP contribution is -2.49. The van der Waals surface area contributed by atoms with E-state index in [0.29, 0.717) is 44.8 Å². The summed E-state index contributed by atoms with van der Waals surface area (Å²) in [6, 6.07) is 2.42. The molecule has 230 valence electrons. The summed E-state index contributed by atoms with van der Waals surface area (Å²) in [6.07, 6.45) is 2.32. The molecular formula is C28H26ClF3N8O4. The largest absolute Gasteiger partial charge is 0.504 e. The SMILES string of the molecule is C[C@@H]1CN(c2cc(NC(=O)Cn3cc(-c4cc(C(N)=O)c(O)c(F)c4F)c4c(=O)n5c(nc43)CCC5)c(Cl)c(F)n2)CCN1. The number of aromatic hydroxyl groups is 1. The van der Waals surface area contributed by atoms with E-state index in [1.165, 1.54) is 21.4 Å². The number of benzene rings is 1. The molecule has 0 radical (unpaired) electrons. The number of amides is 2. The molecule has 1 aromatic carbocycles. The number of pyridine rings is 1. The Bertz CT molecular complexity index is 1930. The Labute approximate surface area is 252 Å². The van der Waals surface area contributed by atoms with E-state index in [1.807, 2.05) is 11.8 Å². The van der Waals surface area contributed by atoms with E-state index < -0.39 is 63.4 Å². The van der Waals surface area contributed by atoms with Crippen LogP contribution in [0, 0.1) is 17.6 Å². The number of anilines is 2. The highest BCUT2D eigenvalue weighted by molar-refractivity contribution is 6.33. The van der Waals surface area contributed by atoms with Gasteiger partial charge in [-0.1, -0.05) is 11.6 Å². The van der Waals surface area contributed by atoms with Crippen LogP contribution in [0.5, 0.6) is 5.75 Å². The fourth-order valence-corrected chi connectivity index (χ4v) is 5.82. The summed E-state index contributed by atoms with van der Waals surface area (Å²) in [7, 11) is 0. The molecule has 0 bridgehead atoms. The number of rotatable bonds is 6. The average Bonchev–Trinajstić information content (AvgIpc) is 3.59. The first-order valence-corrected chi connectivity index (χ1v) is 14.1. The molecule has 2 aliphatic rings. The highest BCUT2D eigenvalue weighted by atomic mass is 35.5. The van der Waals surface area contributed by atoms with Crippen molar-refractivity contribution < 1.29 is 27.9 Å². The topological polar surface area (TPSA) is 160 Å². The van der Waals surface area contributed by atoms with Gasteiger partial charge in [-0.25, -0.2) is 14.4 Å². The molecule has 5 N–H and O–H groups in total. The van der Waals surface area contributed by atoms with Crippen molar-refractivity contribution in [2.75, 3.05) is 29.9 Å². The summed E-state index contributed by atoms with van der Waals surface area (Å²) < 4.78 is 47.3. The van der Waals surface area contributed by atoms with Crippen LogP contribution >= 0.6 is 11.6 Å². The van der Waals surface area contributed by atoms with E-state index in [4.69, 9.17) is 17.3 Å². The summed E-state index contributed by atoms with van der Waals surface area (Å²) in [5, 5.41) is 15.2. The van der Waals surface area contributed by atoms with E-state index in [1.54, 1.807) is 0 Å². The zero-order valence-corrected chi connectivity index (χ0v) is 24.0. The van der Waals surface area contributed by atoms with Gasteiger partial charge in [0.25, 0.3) is 11.5 Å². The van der Waals surface area contributed by atoms with E-state index in [-0.39, 0.29) is 34.1 Å². The van der Waals surface area contributed by atoms with Gasteiger partial charge in [0.2, 0.25) is 17.7 Å². The minimum absolute atomic E-state index is 0.00399. The smallest absolute Gasteiger partial charge is 0.263 e. The maximum atomic E-state index is 15.2. The number of hydrogen-bond acceptors (Lipinski definition) is 8. The maximum Gasteiger partial charge on any atom is 0.263 e. The molecule has 2 aliphatic heterocycles. The molecule has 0 spiro atoms. The van der Waals surface area contributed by atoms with Crippen molar-refractivity contribution >= 4 is 46.0 Å². The Morgan fingerprint density at radius 3 is 2.68 bits per heavy atom. The summed E-state index contributed by atoms with van der Waals surface area (Å²) in [6.45, 7) is 3.59. The summed E-state index contributed by atoms with van der Waals surface area (Å²) in [4.78, 5) is 49.0. The van der Waals surface area contributed by atoms with E-state index in [2.05, 4.69) is 20.6 Å². The summed E-state index contributed by atoms with van der Waals surface area (Å²) in [5.41, 5.74) is 3.26. The van der Waals surface area contributed by atoms with Gasteiger partial charge in [-0.3, -0.25) is 19.0 Å². The molecule has 6 rings (SSSR count). The molecule has 12 nitrogen and oxygen atoms in total. The summed E-state index contributed by atoms with van der Waals surface area (Å²) in [5.74, 6) is -6.70. The maximum absolute atomic E-state index is 15.2. The number of aryl methyl sites for hydroxylation is 1. The van der Waals surface area contributed by atoms with Gasteiger partial charge >= 0.3 is 0 Å². The van der Waals surface area contributed by atoms with Gasteiger partial charge in [0.15, 0.2) is 11.6 Å². The number of nitrogens with two attached hydrogens (primary N) is 1. The number of fused-ring (bicyclic) bond motifs is 2. The Kier molecular flexibility index (Phi) is 7.45. The van der Waals surface area contributed by atoms with Crippen molar-refractivity contribution in [1.29, 1.82) is 0 Å². The number of phenols is 1. The zero-order chi connectivity index (χ0) is 31.4. The minimum atomic E-state index is -1.73. The van der Waals surface area contributed by atoms with Crippen LogP contribution in [0.1, 0.15) is 29.5 Å². The third-order valence-corrected chi connectivity index (χ3v) is 8.12. The monoisotopic (exact) mass is 630 g/mol. The van der Waals surface area contributed by atoms with E-state index in [0.717, 1.165) is 6.07 Å². The number of primary amides is 1. The molecule has 0 unspecified atom stereocenters. The van der Waals surface area contributed by atoms with Crippen LogP contribution in [0.3, 0.4) is 0 Å². The molecule has 16 heteroatoms. The van der Waals surface area contributed by atoms with Crippen LogP contribution in [-0.2, 0) is 24.3 Å². The highest BCUT2D eigenvalue weighted by Gasteiger charge is 2.28. The quantitative estimate of drug-likeness (QED) is 0.237. The standard InChI is InChI=1S/C28H26ClF3N8O4/c1-12-9-38(6-4-34-12)18-8-16(21(29)25(32)36-18)35-19(41)11-39-10-15(13-7-14(26(33)43)24(42)23(31)22(13)30)20-27(39)37-17-3-2-5-40(17)28(20)44/h7-8,10,12,34,42H,2-6,9,11H2,1H3,(H2,33,43)(H,35,36,41)/t12-/m1/s1. The molecular weight excluding hydrogens is 605 g/mol. The molecule has 1 saturated heterocycles. The predicted octanol–water partition coefficient (Wildman–Crippen LogP) is 2.52. The van der Waals surface area contributed by atoms with Crippen LogP contribution in [0.2, 0.25) is 5.02 Å². The molecule has 0 saturated carbocycles. The minimum Gasteiger partial charge on any atom is -0.504 e. The second kappa shape index (κ2) is 11.1. The number of nitrogens with zero attached hydrogens (tertiary/aromatic N) is 5. The first kappa shape index (κ1) is 29.4. The van der Waals surface area contributed by atoms with Crippen LogP contribution in [0.15, 0.2) is 23.1 Å². The van der Waals surface area contributed by atoms with E-state index in [9.17, 15) is 28.3 Å². The van der Waals surface area contributed by atoms with Crippen LogP contribution in [0.25, 0.3) is 22.2 Å². The Hall–Kier alpha value is -4.63. The van der Waals surface area contributed by atoms with Crippen molar-refractivity contribution in [1.82, 2.24) is 24.4 Å². The van der Waals surface area contributed by atoms with Gasteiger partial charge in [-0.15, -0.1) is 0 Å². The predicted molar refractivity (Wildman–Crippen MR) is 155 cm³/mol.